The van der Waals surface area contributed by atoms with Crippen molar-refractivity contribution >= 4 is 5.97 Å². The van der Waals surface area contributed by atoms with Crippen molar-refractivity contribution in [1.29, 1.82) is 0 Å². The van der Waals surface area contributed by atoms with Crippen LogP contribution in [0.4, 0.5) is 0 Å². The molecule has 0 spiro atoms. The molecule has 1 aromatic rings. The third-order valence-corrected chi connectivity index (χ3v) is 2.89. The Balaban J connectivity index is 1.73. The molecule has 0 amide bonds. The van der Waals surface area contributed by atoms with Crippen molar-refractivity contribution in [2.45, 2.75) is 32.5 Å². The number of hydrogen-bond donors (Lipinski definition) is 0. The van der Waals surface area contributed by atoms with Crippen molar-refractivity contribution in [3.8, 4) is 0 Å². The largest absolute Gasteiger partial charge is 0.460 e. The number of cyclic esters (lactones) is 1. The number of ether oxygens (including phenoxy) is 2. The second kappa shape index (κ2) is 5.82. The van der Waals surface area contributed by atoms with Gasteiger partial charge in [0.05, 0.1) is 13.2 Å². The van der Waals surface area contributed by atoms with E-state index in [4.69, 9.17) is 9.47 Å². The molecule has 3 nitrogen and oxygen atoms in total. The first-order chi connectivity index (χ1) is 8.24. The Morgan fingerprint density at radius 3 is 2.82 bits per heavy atom. The van der Waals surface area contributed by atoms with E-state index in [1.807, 2.05) is 30.3 Å². The van der Waals surface area contributed by atoms with Gasteiger partial charge in [-0.25, -0.2) is 0 Å². The Morgan fingerprint density at radius 2 is 2.12 bits per heavy atom. The third-order valence-electron chi connectivity index (χ3n) is 2.89. The van der Waals surface area contributed by atoms with Gasteiger partial charge in [0.15, 0.2) is 0 Å². The second-order valence-electron chi connectivity index (χ2n) is 4.66. The van der Waals surface area contributed by atoms with Crippen molar-refractivity contribution < 1.29 is 14.3 Å². The Bertz CT molecular complexity index is 361. The van der Waals surface area contributed by atoms with Gasteiger partial charge in [-0.3, -0.25) is 4.79 Å². The van der Waals surface area contributed by atoms with Crippen molar-refractivity contribution in [3.05, 3.63) is 35.9 Å². The first-order valence-electron chi connectivity index (χ1n) is 6.05. The molecule has 0 aromatic heterocycles. The van der Waals surface area contributed by atoms with Crippen LogP contribution in [0.3, 0.4) is 0 Å². The highest BCUT2D eigenvalue weighted by Crippen LogP contribution is 2.20. The van der Waals surface area contributed by atoms with Gasteiger partial charge in [-0.1, -0.05) is 37.3 Å². The number of benzene rings is 1. The van der Waals surface area contributed by atoms with Crippen molar-refractivity contribution in [2.75, 3.05) is 6.61 Å². The monoisotopic (exact) mass is 234 g/mol. The molecule has 1 saturated heterocycles. The van der Waals surface area contributed by atoms with Gasteiger partial charge in [-0.2, -0.15) is 0 Å². The van der Waals surface area contributed by atoms with Crippen LogP contribution in [0.1, 0.15) is 25.3 Å². The number of rotatable bonds is 4. The second-order valence-corrected chi connectivity index (χ2v) is 4.66. The quantitative estimate of drug-likeness (QED) is 0.751. The molecule has 0 radical (unpaired) electrons. The van der Waals surface area contributed by atoms with Crippen LogP contribution in [-0.2, 0) is 20.9 Å². The van der Waals surface area contributed by atoms with E-state index in [9.17, 15) is 4.79 Å². The van der Waals surface area contributed by atoms with Gasteiger partial charge >= 0.3 is 5.97 Å². The SMILES string of the molecule is C[C@@H]1CC(=O)O[C@H](COCc2ccccc2)C1. The van der Waals surface area contributed by atoms with Crippen LogP contribution in [0.25, 0.3) is 0 Å². The maximum absolute atomic E-state index is 11.2. The molecule has 0 aliphatic carbocycles. The summed E-state index contributed by atoms with van der Waals surface area (Å²) in [5.41, 5.74) is 1.14. The molecule has 1 aliphatic heterocycles. The summed E-state index contributed by atoms with van der Waals surface area (Å²) >= 11 is 0. The summed E-state index contributed by atoms with van der Waals surface area (Å²) in [7, 11) is 0. The molecule has 0 bridgehead atoms. The molecule has 3 heteroatoms. The first kappa shape index (κ1) is 12.1. The summed E-state index contributed by atoms with van der Waals surface area (Å²) in [6.45, 7) is 3.14. The normalized spacial score (nSPS) is 24.4. The molecular weight excluding hydrogens is 216 g/mol. The molecule has 0 unspecified atom stereocenters. The summed E-state index contributed by atoms with van der Waals surface area (Å²) in [5, 5.41) is 0. The molecule has 2 rings (SSSR count). The molecule has 0 N–H and O–H groups in total. The van der Waals surface area contributed by atoms with Crippen LogP contribution in [0.15, 0.2) is 30.3 Å². The van der Waals surface area contributed by atoms with Gasteiger partial charge in [0, 0.05) is 6.42 Å². The Morgan fingerprint density at radius 1 is 1.35 bits per heavy atom. The lowest BCUT2D eigenvalue weighted by Crippen LogP contribution is -2.31. The number of esters is 1. The number of carbonyl (C=O) groups is 1. The zero-order valence-corrected chi connectivity index (χ0v) is 10.1. The highest BCUT2D eigenvalue weighted by Gasteiger charge is 2.25. The third kappa shape index (κ3) is 3.86. The lowest BCUT2D eigenvalue weighted by molar-refractivity contribution is -0.160. The van der Waals surface area contributed by atoms with E-state index < -0.39 is 0 Å². The van der Waals surface area contributed by atoms with Crippen molar-refractivity contribution in [3.63, 3.8) is 0 Å². The molecular formula is C14H18O3. The van der Waals surface area contributed by atoms with E-state index >= 15 is 0 Å². The summed E-state index contributed by atoms with van der Waals surface area (Å²) in [4.78, 5) is 11.2. The van der Waals surface area contributed by atoms with Gasteiger partial charge in [-0.05, 0) is 17.9 Å². The van der Waals surface area contributed by atoms with Crippen LogP contribution in [-0.4, -0.2) is 18.7 Å². The topological polar surface area (TPSA) is 35.5 Å². The van der Waals surface area contributed by atoms with Crippen LogP contribution in [0.2, 0.25) is 0 Å². The van der Waals surface area contributed by atoms with E-state index in [2.05, 4.69) is 6.92 Å². The van der Waals surface area contributed by atoms with Crippen molar-refractivity contribution in [2.24, 2.45) is 5.92 Å². The molecule has 1 fully saturated rings. The fraction of sp³-hybridized carbons (Fsp3) is 0.500. The van der Waals surface area contributed by atoms with Crippen LogP contribution in [0, 0.1) is 5.92 Å². The van der Waals surface area contributed by atoms with Gasteiger partial charge in [-0.15, -0.1) is 0 Å². The average molecular weight is 234 g/mol. The molecule has 2 atom stereocenters. The van der Waals surface area contributed by atoms with Crippen LogP contribution < -0.4 is 0 Å². The predicted octanol–water partition coefficient (Wildman–Crippen LogP) is 2.54. The lowest BCUT2D eigenvalue weighted by Gasteiger charge is -2.26. The molecule has 1 heterocycles. The number of hydrogen-bond acceptors (Lipinski definition) is 3. The van der Waals surface area contributed by atoms with Crippen molar-refractivity contribution in [1.82, 2.24) is 0 Å². The Labute approximate surface area is 102 Å². The molecule has 0 saturated carbocycles. The highest BCUT2D eigenvalue weighted by molar-refractivity contribution is 5.70. The standard InChI is InChI=1S/C14H18O3/c1-11-7-13(17-14(15)8-11)10-16-9-12-5-3-2-4-6-12/h2-6,11,13H,7-10H2,1H3/t11-,13-/m0/s1. The summed E-state index contributed by atoms with van der Waals surface area (Å²) in [6.07, 6.45) is 1.37. The minimum atomic E-state index is -0.0999. The highest BCUT2D eigenvalue weighted by atomic mass is 16.6. The van der Waals surface area contributed by atoms with E-state index in [1.54, 1.807) is 0 Å². The summed E-state index contributed by atoms with van der Waals surface area (Å²) in [5.74, 6) is 0.304. The fourth-order valence-electron chi connectivity index (χ4n) is 2.08. The maximum atomic E-state index is 11.2. The van der Waals surface area contributed by atoms with Gasteiger partial charge in [0.1, 0.15) is 6.10 Å². The minimum absolute atomic E-state index is 0.0741. The zero-order valence-electron chi connectivity index (χ0n) is 10.1. The summed E-state index contributed by atoms with van der Waals surface area (Å²) < 4.78 is 10.8. The van der Waals surface area contributed by atoms with Crippen LogP contribution in [0.5, 0.6) is 0 Å². The molecule has 1 aliphatic rings. The first-order valence-corrected chi connectivity index (χ1v) is 6.05. The van der Waals surface area contributed by atoms with E-state index in [0.29, 0.717) is 25.6 Å². The maximum Gasteiger partial charge on any atom is 0.306 e. The van der Waals surface area contributed by atoms with Gasteiger partial charge in [0.2, 0.25) is 0 Å². The van der Waals surface area contributed by atoms with Crippen LogP contribution >= 0.6 is 0 Å². The van der Waals surface area contributed by atoms with E-state index in [-0.39, 0.29) is 12.1 Å². The predicted molar refractivity (Wildman–Crippen MR) is 64.4 cm³/mol. The van der Waals surface area contributed by atoms with Gasteiger partial charge in [0.25, 0.3) is 0 Å². The van der Waals surface area contributed by atoms with E-state index in [0.717, 1.165) is 12.0 Å². The molecule has 1 aromatic carbocycles. The smallest absolute Gasteiger partial charge is 0.306 e. The van der Waals surface area contributed by atoms with E-state index in [1.165, 1.54) is 0 Å². The Hall–Kier alpha value is -1.35. The minimum Gasteiger partial charge on any atom is -0.460 e. The number of carbonyl (C=O) groups excluding carboxylic acids is 1. The molecule has 17 heavy (non-hydrogen) atoms. The molecule has 92 valence electrons. The van der Waals surface area contributed by atoms with Gasteiger partial charge < -0.3 is 9.47 Å². The Kier molecular flexibility index (Phi) is 4.15. The average Bonchev–Trinajstić information content (AvgIpc) is 2.29. The summed E-state index contributed by atoms with van der Waals surface area (Å²) in [6, 6.07) is 10.0. The lowest BCUT2D eigenvalue weighted by atomic mass is 9.98. The zero-order chi connectivity index (χ0) is 12.1. The fourth-order valence-corrected chi connectivity index (χ4v) is 2.08.